The number of likely N-dealkylation sites (N-methyl/N-ethyl adjacent to an activating group) is 1. The number of hydrogen-bond donors (Lipinski definition) is 0. The van der Waals surface area contributed by atoms with Crippen molar-refractivity contribution >= 4 is 11.6 Å². The van der Waals surface area contributed by atoms with E-state index in [9.17, 15) is 4.79 Å². The summed E-state index contributed by atoms with van der Waals surface area (Å²) in [5.74, 6) is 6.36. The second kappa shape index (κ2) is 9.42. The number of carbonyl (C=O) groups excluding carboxylic acids is 1. The number of imidazole rings is 1. The summed E-state index contributed by atoms with van der Waals surface area (Å²) in [6.07, 6.45) is 1.69. The van der Waals surface area contributed by atoms with Crippen molar-refractivity contribution in [2.45, 2.75) is 6.92 Å². The van der Waals surface area contributed by atoms with Crippen LogP contribution in [-0.2, 0) is 0 Å². The summed E-state index contributed by atoms with van der Waals surface area (Å²) < 4.78 is 1.72. The minimum atomic E-state index is 0.0657. The van der Waals surface area contributed by atoms with Crippen molar-refractivity contribution in [3.05, 3.63) is 88.7 Å². The van der Waals surface area contributed by atoms with E-state index in [4.69, 9.17) is 10.4 Å². The fourth-order valence-corrected chi connectivity index (χ4v) is 4.05. The average Bonchev–Trinajstić information content (AvgIpc) is 3.30. The fraction of sp³-hybridized carbons (Fsp3) is 0.214. The molecule has 2 aromatic carbocycles. The summed E-state index contributed by atoms with van der Waals surface area (Å²) in [7, 11) is 2.07. The van der Waals surface area contributed by atoms with Crippen LogP contribution in [-0.4, -0.2) is 63.5 Å². The molecule has 1 amide bonds. The summed E-state index contributed by atoms with van der Waals surface area (Å²) in [5.41, 5.74) is 6.09. The summed E-state index contributed by atoms with van der Waals surface area (Å²) >= 11 is 0. The zero-order valence-corrected chi connectivity index (χ0v) is 19.7. The lowest BCUT2D eigenvalue weighted by Gasteiger charge is -2.32. The van der Waals surface area contributed by atoms with Crippen LogP contribution in [0.5, 0.6) is 0 Å². The highest BCUT2D eigenvalue weighted by Crippen LogP contribution is 2.20. The van der Waals surface area contributed by atoms with E-state index in [0.29, 0.717) is 22.5 Å². The van der Waals surface area contributed by atoms with Gasteiger partial charge in [0.1, 0.15) is 5.69 Å². The van der Waals surface area contributed by atoms with Gasteiger partial charge in [0.25, 0.3) is 5.91 Å². The molecule has 1 aliphatic rings. The van der Waals surface area contributed by atoms with E-state index >= 15 is 0 Å². The first-order chi connectivity index (χ1) is 17.0. The van der Waals surface area contributed by atoms with Gasteiger partial charge in [0.2, 0.25) is 0 Å². The quantitative estimate of drug-likeness (QED) is 0.429. The Hall–Kier alpha value is -4.46. The molecule has 5 rings (SSSR count). The molecule has 0 atom stereocenters. The molecule has 172 valence electrons. The van der Waals surface area contributed by atoms with Crippen molar-refractivity contribution < 1.29 is 4.79 Å². The lowest BCUT2D eigenvalue weighted by atomic mass is 10.1. The Kier molecular flexibility index (Phi) is 6.01. The van der Waals surface area contributed by atoms with Crippen LogP contribution in [0.15, 0.2) is 60.8 Å². The molecule has 4 aromatic rings. The molecule has 0 spiro atoms. The first kappa shape index (κ1) is 22.3. The lowest BCUT2D eigenvalue weighted by Crippen LogP contribution is -2.47. The van der Waals surface area contributed by atoms with Crippen molar-refractivity contribution in [2.24, 2.45) is 0 Å². The van der Waals surface area contributed by atoms with Crippen LogP contribution in [0.25, 0.3) is 16.9 Å². The third kappa shape index (κ3) is 4.63. The van der Waals surface area contributed by atoms with Gasteiger partial charge in [-0.25, -0.2) is 9.50 Å². The molecule has 7 heteroatoms. The maximum absolute atomic E-state index is 12.8. The van der Waals surface area contributed by atoms with Gasteiger partial charge in [-0.15, -0.1) is 0 Å². The van der Waals surface area contributed by atoms with Crippen LogP contribution >= 0.6 is 0 Å². The third-order valence-corrected chi connectivity index (χ3v) is 6.27. The normalized spacial score (nSPS) is 13.8. The smallest absolute Gasteiger partial charge is 0.253 e. The number of carbonyl (C=O) groups is 1. The minimum Gasteiger partial charge on any atom is -0.336 e. The number of rotatable bonds is 2. The lowest BCUT2D eigenvalue weighted by molar-refractivity contribution is 0.0664. The molecule has 0 unspecified atom stereocenters. The monoisotopic (exact) mass is 460 g/mol. The van der Waals surface area contributed by atoms with E-state index < -0.39 is 0 Å². The maximum atomic E-state index is 12.8. The zero-order chi connectivity index (χ0) is 24.4. The largest absolute Gasteiger partial charge is 0.336 e. The Morgan fingerprint density at radius 2 is 1.74 bits per heavy atom. The van der Waals surface area contributed by atoms with E-state index in [1.807, 2.05) is 54.3 Å². The van der Waals surface area contributed by atoms with E-state index in [1.54, 1.807) is 22.8 Å². The second-order valence-electron chi connectivity index (χ2n) is 8.70. The number of aromatic nitrogens is 3. The molecule has 0 aliphatic carbocycles. The van der Waals surface area contributed by atoms with Crippen molar-refractivity contribution in [2.75, 3.05) is 33.2 Å². The molecule has 2 aromatic heterocycles. The van der Waals surface area contributed by atoms with Crippen molar-refractivity contribution in [1.29, 1.82) is 5.26 Å². The van der Waals surface area contributed by atoms with Gasteiger partial charge >= 0.3 is 0 Å². The predicted molar refractivity (Wildman–Crippen MR) is 134 cm³/mol. The van der Waals surface area contributed by atoms with Crippen LogP contribution in [0.1, 0.15) is 32.7 Å². The summed E-state index contributed by atoms with van der Waals surface area (Å²) in [6.45, 7) is 5.26. The topological polar surface area (TPSA) is 77.5 Å². The number of benzene rings is 2. The average molecular weight is 461 g/mol. The Morgan fingerprint density at radius 1 is 0.971 bits per heavy atom. The number of aryl methyl sites for hydroxylation is 1. The molecule has 0 saturated carbocycles. The molecule has 0 radical (unpaired) electrons. The van der Waals surface area contributed by atoms with Crippen LogP contribution in [0.3, 0.4) is 0 Å². The SMILES string of the molecule is Cc1ccc(C#N)cc1C#Cc1cnc2ccc(-c3ccc(C(=O)N4CCN(C)CC4)cc3)nn12. The van der Waals surface area contributed by atoms with Gasteiger partial charge in [0.15, 0.2) is 5.65 Å². The fourth-order valence-electron chi connectivity index (χ4n) is 4.05. The van der Waals surface area contributed by atoms with Crippen LogP contribution < -0.4 is 0 Å². The summed E-state index contributed by atoms with van der Waals surface area (Å²) in [6, 6.07) is 19.0. The molecule has 1 fully saturated rings. The van der Waals surface area contributed by atoms with Gasteiger partial charge in [0, 0.05) is 42.9 Å². The molecule has 3 heterocycles. The molecule has 0 bridgehead atoms. The van der Waals surface area contributed by atoms with E-state index in [0.717, 1.165) is 48.6 Å². The Balaban J connectivity index is 1.40. The second-order valence-corrected chi connectivity index (χ2v) is 8.70. The van der Waals surface area contributed by atoms with E-state index in [1.165, 1.54) is 0 Å². The van der Waals surface area contributed by atoms with Crippen LogP contribution in [0, 0.1) is 30.1 Å². The molecular formula is C28H24N6O. The molecule has 0 N–H and O–H groups in total. The highest BCUT2D eigenvalue weighted by molar-refractivity contribution is 5.94. The predicted octanol–water partition coefficient (Wildman–Crippen LogP) is 3.36. The number of amides is 1. The summed E-state index contributed by atoms with van der Waals surface area (Å²) in [4.78, 5) is 21.4. The van der Waals surface area contributed by atoms with Gasteiger partial charge in [-0.3, -0.25) is 4.79 Å². The number of nitrogens with zero attached hydrogens (tertiary/aromatic N) is 6. The number of fused-ring (bicyclic) bond motifs is 1. The van der Waals surface area contributed by atoms with Crippen molar-refractivity contribution in [1.82, 2.24) is 24.4 Å². The molecule has 1 saturated heterocycles. The van der Waals surface area contributed by atoms with Crippen molar-refractivity contribution in [3.63, 3.8) is 0 Å². The Bertz CT molecular complexity index is 1510. The first-order valence-electron chi connectivity index (χ1n) is 11.5. The van der Waals surface area contributed by atoms with Gasteiger partial charge in [-0.1, -0.05) is 24.1 Å². The maximum Gasteiger partial charge on any atom is 0.253 e. The van der Waals surface area contributed by atoms with Crippen LogP contribution in [0.4, 0.5) is 0 Å². The Morgan fingerprint density at radius 3 is 2.49 bits per heavy atom. The standard InChI is InChI=1S/C28H24N6O/c1-20-3-4-21(18-29)17-24(20)9-10-25-19-30-27-12-11-26(31-34(25)27)22-5-7-23(8-6-22)28(35)33-15-13-32(2)14-16-33/h3-8,11-12,17,19H,13-16H2,1-2H3. The van der Waals surface area contributed by atoms with E-state index in [-0.39, 0.29) is 5.91 Å². The molecular weight excluding hydrogens is 436 g/mol. The number of hydrogen-bond acceptors (Lipinski definition) is 5. The summed E-state index contributed by atoms with van der Waals surface area (Å²) in [5, 5.41) is 13.9. The van der Waals surface area contributed by atoms with Gasteiger partial charge < -0.3 is 9.80 Å². The highest BCUT2D eigenvalue weighted by atomic mass is 16.2. The number of piperazine rings is 1. The molecule has 1 aliphatic heterocycles. The minimum absolute atomic E-state index is 0.0657. The van der Waals surface area contributed by atoms with Gasteiger partial charge in [0.05, 0.1) is 23.5 Å². The molecule has 35 heavy (non-hydrogen) atoms. The number of nitriles is 1. The van der Waals surface area contributed by atoms with Crippen molar-refractivity contribution in [3.8, 4) is 29.2 Å². The van der Waals surface area contributed by atoms with Crippen LogP contribution in [0.2, 0.25) is 0 Å². The molecule has 7 nitrogen and oxygen atoms in total. The first-order valence-corrected chi connectivity index (χ1v) is 11.5. The van der Waals surface area contributed by atoms with E-state index in [2.05, 4.69) is 34.8 Å². The third-order valence-electron chi connectivity index (χ3n) is 6.27. The zero-order valence-electron chi connectivity index (χ0n) is 19.7. The van der Waals surface area contributed by atoms with Gasteiger partial charge in [-0.2, -0.15) is 10.4 Å². The van der Waals surface area contributed by atoms with Gasteiger partial charge in [-0.05, 0) is 61.9 Å². The highest BCUT2D eigenvalue weighted by Gasteiger charge is 2.20. The Labute approximate surface area is 204 Å².